The van der Waals surface area contributed by atoms with Gasteiger partial charge in [0.1, 0.15) is 6.54 Å². The van der Waals surface area contributed by atoms with Gasteiger partial charge in [-0.05, 0) is 47.2 Å². The van der Waals surface area contributed by atoms with Crippen LogP contribution in [-0.4, -0.2) is 47.5 Å². The zero-order valence-corrected chi connectivity index (χ0v) is 13.2. The smallest absolute Gasteiger partial charge is 0.337 e. The number of hydrogen-bond acceptors (Lipinski definition) is 3. The Kier molecular flexibility index (Phi) is 4.99. The van der Waals surface area contributed by atoms with E-state index in [9.17, 15) is 14.4 Å². The predicted octanol–water partition coefficient (Wildman–Crippen LogP) is 1.34. The third kappa shape index (κ3) is 4.06. The minimum atomic E-state index is -1.11. The number of nitrogens with one attached hydrogen (secondary N) is 2. The summed E-state index contributed by atoms with van der Waals surface area (Å²) in [5.74, 6) is -1.33. The number of carboxylic acids is 1. The zero-order valence-electron chi connectivity index (χ0n) is 11.1. The summed E-state index contributed by atoms with van der Waals surface area (Å²) in [7, 11) is 0. The summed E-state index contributed by atoms with van der Waals surface area (Å²) >= 11 is 2.00. The lowest BCUT2D eigenvalue weighted by Crippen LogP contribution is -2.40. The van der Waals surface area contributed by atoms with Crippen LogP contribution in [0.2, 0.25) is 0 Å². The third-order valence-electron chi connectivity index (χ3n) is 3.00. The molecule has 0 unspecified atom stereocenters. The maximum atomic E-state index is 12.2. The molecular formula is C13H14IN3O4. The molecule has 7 nitrogen and oxygen atoms in total. The van der Waals surface area contributed by atoms with Gasteiger partial charge in [0.25, 0.3) is 0 Å². The first-order chi connectivity index (χ1) is 9.97. The van der Waals surface area contributed by atoms with E-state index in [1.165, 1.54) is 11.0 Å². The lowest BCUT2D eigenvalue weighted by atomic mass is 10.2. The van der Waals surface area contributed by atoms with E-state index >= 15 is 0 Å². The maximum absolute atomic E-state index is 12.2. The van der Waals surface area contributed by atoms with Gasteiger partial charge in [0.2, 0.25) is 5.91 Å². The van der Waals surface area contributed by atoms with E-state index in [1.54, 1.807) is 12.1 Å². The van der Waals surface area contributed by atoms with Crippen LogP contribution >= 0.6 is 22.6 Å². The molecule has 1 saturated heterocycles. The van der Waals surface area contributed by atoms with Crippen molar-refractivity contribution >= 4 is 46.2 Å². The molecule has 1 fully saturated rings. The Morgan fingerprint density at radius 3 is 2.86 bits per heavy atom. The number of amides is 3. The molecule has 1 heterocycles. The van der Waals surface area contributed by atoms with Crippen LogP contribution in [-0.2, 0) is 4.79 Å². The molecule has 21 heavy (non-hydrogen) atoms. The van der Waals surface area contributed by atoms with Crippen molar-refractivity contribution in [3.63, 3.8) is 0 Å². The molecule has 112 valence electrons. The Balaban J connectivity index is 2.15. The minimum absolute atomic E-state index is 0.0227. The Bertz CT molecular complexity index is 591. The van der Waals surface area contributed by atoms with Crippen molar-refractivity contribution in [1.82, 2.24) is 10.2 Å². The highest BCUT2D eigenvalue weighted by atomic mass is 127. The van der Waals surface area contributed by atoms with Crippen LogP contribution in [0, 0.1) is 3.57 Å². The highest BCUT2D eigenvalue weighted by Crippen LogP contribution is 2.19. The van der Waals surface area contributed by atoms with Crippen molar-refractivity contribution in [1.29, 1.82) is 0 Å². The number of benzene rings is 1. The molecule has 1 aliphatic heterocycles. The van der Waals surface area contributed by atoms with Crippen molar-refractivity contribution in [3.05, 3.63) is 27.3 Å². The minimum Gasteiger partial charge on any atom is -0.478 e. The number of carboxylic acid groups (broad SMARTS) is 1. The predicted molar refractivity (Wildman–Crippen MR) is 84.3 cm³/mol. The van der Waals surface area contributed by atoms with Crippen LogP contribution in [0.4, 0.5) is 10.5 Å². The van der Waals surface area contributed by atoms with E-state index in [0.717, 1.165) is 3.57 Å². The number of hydrogen-bond donors (Lipinski definition) is 3. The second kappa shape index (κ2) is 6.74. The topological polar surface area (TPSA) is 98.7 Å². The van der Waals surface area contributed by atoms with Crippen LogP contribution in [0.25, 0.3) is 0 Å². The number of aromatic carboxylic acids is 1. The van der Waals surface area contributed by atoms with Crippen LogP contribution < -0.4 is 10.6 Å². The van der Waals surface area contributed by atoms with Gasteiger partial charge in [-0.25, -0.2) is 9.59 Å². The fourth-order valence-corrected chi connectivity index (χ4v) is 2.47. The first kappa shape index (κ1) is 15.5. The SMILES string of the molecule is O=C1CN(C(=O)Nc2ccc(I)cc2C(=O)O)CCCN1. The lowest BCUT2D eigenvalue weighted by Gasteiger charge is -2.20. The molecule has 0 atom stereocenters. The van der Waals surface area contributed by atoms with Crippen molar-refractivity contribution in [2.75, 3.05) is 25.0 Å². The van der Waals surface area contributed by atoms with E-state index in [0.29, 0.717) is 19.5 Å². The highest BCUT2D eigenvalue weighted by Gasteiger charge is 2.21. The van der Waals surface area contributed by atoms with E-state index in [4.69, 9.17) is 5.11 Å². The average molecular weight is 403 g/mol. The molecule has 1 aromatic rings. The van der Waals surface area contributed by atoms with Gasteiger partial charge in [-0.15, -0.1) is 0 Å². The second-order valence-electron chi connectivity index (χ2n) is 4.55. The molecule has 1 aliphatic rings. The monoisotopic (exact) mass is 403 g/mol. The Morgan fingerprint density at radius 2 is 2.14 bits per heavy atom. The van der Waals surface area contributed by atoms with E-state index in [-0.39, 0.29) is 23.7 Å². The van der Waals surface area contributed by atoms with Crippen molar-refractivity contribution in [3.8, 4) is 0 Å². The highest BCUT2D eigenvalue weighted by molar-refractivity contribution is 14.1. The molecule has 8 heteroatoms. The maximum Gasteiger partial charge on any atom is 0.337 e. The quantitative estimate of drug-likeness (QED) is 0.650. The molecular weight excluding hydrogens is 389 g/mol. The summed E-state index contributed by atoms with van der Waals surface area (Å²) in [5, 5.41) is 14.4. The number of halogens is 1. The molecule has 0 spiro atoms. The third-order valence-corrected chi connectivity index (χ3v) is 3.67. The molecule has 3 N–H and O–H groups in total. The standard InChI is InChI=1S/C13H14IN3O4/c14-8-2-3-10(9(6-8)12(19)20)16-13(21)17-5-1-4-15-11(18)7-17/h2-3,6H,1,4-5,7H2,(H,15,18)(H,16,21)(H,19,20). The van der Waals surface area contributed by atoms with E-state index in [2.05, 4.69) is 10.6 Å². The number of urea groups is 1. The summed E-state index contributed by atoms with van der Waals surface area (Å²) in [5.41, 5.74) is 0.243. The molecule has 0 saturated carbocycles. The average Bonchev–Trinajstić information content (AvgIpc) is 2.65. The van der Waals surface area contributed by atoms with Crippen LogP contribution in [0.1, 0.15) is 16.8 Å². The van der Waals surface area contributed by atoms with E-state index < -0.39 is 12.0 Å². The Hall–Kier alpha value is -1.84. The van der Waals surface area contributed by atoms with Gasteiger partial charge in [-0.3, -0.25) is 4.79 Å². The number of anilines is 1. The first-order valence-electron chi connectivity index (χ1n) is 6.33. The van der Waals surface area contributed by atoms with Crippen molar-refractivity contribution < 1.29 is 19.5 Å². The summed E-state index contributed by atoms with van der Waals surface area (Å²) in [6.45, 7) is 0.947. The molecule has 0 aromatic heterocycles. The summed E-state index contributed by atoms with van der Waals surface area (Å²) in [4.78, 5) is 36.2. The van der Waals surface area contributed by atoms with Gasteiger partial charge < -0.3 is 20.6 Å². The number of carbonyl (C=O) groups excluding carboxylic acids is 2. The number of rotatable bonds is 2. The summed E-state index contributed by atoms with van der Waals surface area (Å²) in [6.07, 6.45) is 0.664. The van der Waals surface area contributed by atoms with E-state index in [1.807, 2.05) is 22.6 Å². The number of carbonyl (C=O) groups is 3. The largest absolute Gasteiger partial charge is 0.478 e. The lowest BCUT2D eigenvalue weighted by molar-refractivity contribution is -0.120. The fraction of sp³-hybridized carbons (Fsp3) is 0.308. The van der Waals surface area contributed by atoms with Crippen LogP contribution in [0.3, 0.4) is 0 Å². The fourth-order valence-electron chi connectivity index (χ4n) is 1.98. The second-order valence-corrected chi connectivity index (χ2v) is 5.80. The normalized spacial score (nSPS) is 15.1. The van der Waals surface area contributed by atoms with Gasteiger partial charge in [0, 0.05) is 16.7 Å². The molecule has 0 aliphatic carbocycles. The number of nitrogens with zero attached hydrogens (tertiary/aromatic N) is 1. The molecule has 3 amide bonds. The van der Waals surface area contributed by atoms with Crippen LogP contribution in [0.15, 0.2) is 18.2 Å². The van der Waals surface area contributed by atoms with Gasteiger partial charge in [0.05, 0.1) is 11.3 Å². The molecule has 0 radical (unpaired) electrons. The van der Waals surface area contributed by atoms with Crippen molar-refractivity contribution in [2.45, 2.75) is 6.42 Å². The Labute approximate surface area is 134 Å². The van der Waals surface area contributed by atoms with Crippen LogP contribution in [0.5, 0.6) is 0 Å². The molecule has 0 bridgehead atoms. The van der Waals surface area contributed by atoms with Gasteiger partial charge >= 0.3 is 12.0 Å². The van der Waals surface area contributed by atoms with Crippen molar-refractivity contribution in [2.24, 2.45) is 0 Å². The zero-order chi connectivity index (χ0) is 15.4. The van der Waals surface area contributed by atoms with Gasteiger partial charge in [0.15, 0.2) is 0 Å². The van der Waals surface area contributed by atoms with Gasteiger partial charge in [-0.2, -0.15) is 0 Å². The summed E-state index contributed by atoms with van der Waals surface area (Å²) in [6, 6.07) is 4.25. The van der Waals surface area contributed by atoms with Gasteiger partial charge in [-0.1, -0.05) is 0 Å². The molecule has 1 aromatic carbocycles. The first-order valence-corrected chi connectivity index (χ1v) is 7.40. The Morgan fingerprint density at radius 1 is 1.38 bits per heavy atom. The summed E-state index contributed by atoms with van der Waals surface area (Å²) < 4.78 is 0.761. The molecule has 2 rings (SSSR count).